The minimum absolute atomic E-state index is 0.119. The van der Waals surface area contributed by atoms with Crippen LogP contribution in [0.1, 0.15) is 35.4 Å². The van der Waals surface area contributed by atoms with Crippen molar-refractivity contribution in [1.29, 1.82) is 0 Å². The van der Waals surface area contributed by atoms with Gasteiger partial charge in [0.1, 0.15) is 5.75 Å². The second kappa shape index (κ2) is 10.8. The van der Waals surface area contributed by atoms with Gasteiger partial charge in [-0.1, -0.05) is 90.0 Å². The zero-order chi connectivity index (χ0) is 32.6. The Morgan fingerprint density at radius 3 is 2.15 bits per heavy atom. The minimum Gasteiger partial charge on any atom is -0.508 e. The van der Waals surface area contributed by atoms with Crippen LogP contribution in [-0.4, -0.2) is 28.7 Å². The molecule has 4 aromatic rings. The summed E-state index contributed by atoms with van der Waals surface area (Å²) in [5, 5.41) is 10.9. The third kappa shape index (κ3) is 4.12. The number of carbonyl (C=O) groups excluding carboxylic acids is 4. The number of allylic oxidation sites excluding steroid dienone is 2. The third-order valence-electron chi connectivity index (χ3n) is 10.7. The van der Waals surface area contributed by atoms with Crippen molar-refractivity contribution in [3.63, 3.8) is 0 Å². The van der Waals surface area contributed by atoms with Gasteiger partial charge in [-0.15, -0.1) is 0 Å². The zero-order valence-corrected chi connectivity index (χ0v) is 26.3. The predicted molar refractivity (Wildman–Crippen MR) is 178 cm³/mol. The van der Waals surface area contributed by atoms with Crippen LogP contribution in [0.4, 0.5) is 11.4 Å². The van der Waals surface area contributed by atoms with Crippen molar-refractivity contribution in [2.45, 2.75) is 31.1 Å². The van der Waals surface area contributed by atoms with Gasteiger partial charge in [0, 0.05) is 10.9 Å². The first kappa shape index (κ1) is 29.4. The smallest absolute Gasteiger partial charge is 0.246 e. The molecular formula is C39H31ClN2O5. The van der Waals surface area contributed by atoms with Gasteiger partial charge in [-0.05, 0) is 78.8 Å². The Kier molecular flexibility index (Phi) is 6.74. The van der Waals surface area contributed by atoms with Crippen LogP contribution in [0.2, 0.25) is 5.02 Å². The van der Waals surface area contributed by atoms with Crippen molar-refractivity contribution in [3.8, 4) is 5.75 Å². The van der Waals surface area contributed by atoms with Crippen LogP contribution in [0.25, 0.3) is 0 Å². The molecule has 8 heteroatoms. The maximum Gasteiger partial charge on any atom is 0.246 e. The number of phenolic OH excluding ortho intramolecular Hbond substituents is 1. The Balaban J connectivity index is 1.36. The summed E-state index contributed by atoms with van der Waals surface area (Å²) in [4.78, 5) is 60.8. The maximum absolute atomic E-state index is 15.2. The maximum atomic E-state index is 15.2. The molecule has 7 nitrogen and oxygen atoms in total. The second-order valence-electron chi connectivity index (χ2n) is 13.0. The molecule has 0 spiro atoms. The molecule has 4 aliphatic rings. The van der Waals surface area contributed by atoms with E-state index in [9.17, 15) is 19.5 Å². The fraction of sp³-hybridized carbons (Fsp3) is 0.231. The van der Waals surface area contributed by atoms with E-state index >= 15 is 4.79 Å². The van der Waals surface area contributed by atoms with Crippen molar-refractivity contribution >= 4 is 46.6 Å². The SMILES string of the molecule is Cc1cc([C@H]2C3=CC[C@@H]4C(=O)N(c5ccccc5)C(=O)[C@@H]4[C@@H]3C[C@H]3C(=O)N(c4cccc(Cl)c4)C(=O)[C@@]23c2ccccc2)ccc1O. The molecule has 0 aromatic heterocycles. The van der Waals surface area contributed by atoms with Gasteiger partial charge in [0.05, 0.1) is 34.5 Å². The number of aromatic hydroxyl groups is 1. The van der Waals surface area contributed by atoms with E-state index < -0.39 is 35.0 Å². The number of hydrogen-bond donors (Lipinski definition) is 1. The number of carbonyl (C=O) groups is 4. The van der Waals surface area contributed by atoms with Crippen molar-refractivity contribution in [2.24, 2.45) is 23.7 Å². The molecule has 2 aliphatic carbocycles. The van der Waals surface area contributed by atoms with E-state index in [1.165, 1.54) is 9.80 Å². The number of halogens is 1. The van der Waals surface area contributed by atoms with Crippen molar-refractivity contribution in [3.05, 3.63) is 136 Å². The van der Waals surface area contributed by atoms with E-state index in [0.717, 1.165) is 11.1 Å². The highest BCUT2D eigenvalue weighted by Crippen LogP contribution is 2.64. The number of fused-ring (bicyclic) bond motifs is 4. The van der Waals surface area contributed by atoms with Crippen LogP contribution >= 0.6 is 11.6 Å². The highest BCUT2D eigenvalue weighted by molar-refractivity contribution is 6.32. The lowest BCUT2D eigenvalue weighted by Gasteiger charge is -2.50. The number of anilines is 2. The van der Waals surface area contributed by atoms with E-state index in [-0.39, 0.29) is 35.8 Å². The lowest BCUT2D eigenvalue weighted by atomic mass is 9.49. The number of para-hydroxylation sites is 1. The van der Waals surface area contributed by atoms with Gasteiger partial charge in [0.25, 0.3) is 0 Å². The van der Waals surface area contributed by atoms with Crippen LogP contribution < -0.4 is 9.80 Å². The molecule has 1 saturated carbocycles. The summed E-state index contributed by atoms with van der Waals surface area (Å²) in [5.74, 6) is -4.33. The highest BCUT2D eigenvalue weighted by atomic mass is 35.5. The first-order valence-corrected chi connectivity index (χ1v) is 16.2. The fourth-order valence-corrected chi connectivity index (χ4v) is 8.99. The van der Waals surface area contributed by atoms with Gasteiger partial charge in [-0.25, -0.2) is 4.90 Å². The lowest BCUT2D eigenvalue weighted by Crippen LogP contribution is -2.53. The molecule has 8 rings (SSSR count). The van der Waals surface area contributed by atoms with Crippen molar-refractivity contribution < 1.29 is 24.3 Å². The number of imide groups is 2. The summed E-state index contributed by atoms with van der Waals surface area (Å²) in [6, 6.07) is 30.4. The number of rotatable bonds is 4. The summed E-state index contributed by atoms with van der Waals surface area (Å²) in [6.07, 6.45) is 2.60. The van der Waals surface area contributed by atoms with Gasteiger partial charge < -0.3 is 5.11 Å². The number of benzene rings is 4. The molecule has 0 bridgehead atoms. The van der Waals surface area contributed by atoms with Gasteiger partial charge in [0.2, 0.25) is 23.6 Å². The molecule has 2 saturated heterocycles. The van der Waals surface area contributed by atoms with E-state index in [1.54, 1.807) is 61.5 Å². The molecule has 3 fully saturated rings. The van der Waals surface area contributed by atoms with Crippen molar-refractivity contribution in [2.75, 3.05) is 9.80 Å². The third-order valence-corrected chi connectivity index (χ3v) is 11.0. The predicted octanol–water partition coefficient (Wildman–Crippen LogP) is 6.72. The number of nitrogens with zero attached hydrogens (tertiary/aromatic N) is 2. The van der Waals surface area contributed by atoms with Gasteiger partial charge >= 0.3 is 0 Å². The summed E-state index contributed by atoms with van der Waals surface area (Å²) in [7, 11) is 0. The zero-order valence-electron chi connectivity index (χ0n) is 25.5. The van der Waals surface area contributed by atoms with E-state index in [4.69, 9.17) is 11.6 Å². The Morgan fingerprint density at radius 2 is 1.45 bits per heavy atom. The van der Waals surface area contributed by atoms with E-state index in [0.29, 0.717) is 33.9 Å². The molecule has 4 amide bonds. The molecule has 234 valence electrons. The molecule has 0 radical (unpaired) electrons. The van der Waals surface area contributed by atoms with Crippen LogP contribution in [0, 0.1) is 30.6 Å². The van der Waals surface area contributed by atoms with Gasteiger partial charge in [-0.3, -0.25) is 24.1 Å². The average molecular weight is 643 g/mol. The minimum atomic E-state index is -1.36. The van der Waals surface area contributed by atoms with Gasteiger partial charge in [-0.2, -0.15) is 0 Å². The molecule has 2 aliphatic heterocycles. The summed E-state index contributed by atoms with van der Waals surface area (Å²) in [5.41, 5.74) is 2.52. The first-order valence-electron chi connectivity index (χ1n) is 15.8. The molecule has 0 unspecified atom stereocenters. The first-order chi connectivity index (χ1) is 22.7. The lowest BCUT2D eigenvalue weighted by molar-refractivity contribution is -0.127. The topological polar surface area (TPSA) is 95.0 Å². The highest BCUT2D eigenvalue weighted by Gasteiger charge is 2.70. The van der Waals surface area contributed by atoms with E-state index in [2.05, 4.69) is 0 Å². The molecule has 6 atom stereocenters. The largest absolute Gasteiger partial charge is 0.508 e. The Labute approximate surface area is 277 Å². The Hall–Kier alpha value is -5.01. The van der Waals surface area contributed by atoms with Crippen molar-refractivity contribution in [1.82, 2.24) is 0 Å². The molecular weight excluding hydrogens is 612 g/mol. The van der Waals surface area contributed by atoms with Crippen LogP contribution in [0.3, 0.4) is 0 Å². The van der Waals surface area contributed by atoms with E-state index in [1.807, 2.05) is 54.6 Å². The standard InChI is InChI=1S/C39H31ClN2O5/c1-22-19-23(15-18-32(22)43)34-28-16-17-29-33(37(46)41(35(29)44)26-12-6-3-7-13-26)30(28)21-31-36(45)42(27-14-8-11-25(40)20-27)38(47)39(31,34)24-9-4-2-5-10-24/h2-16,18-20,29-31,33-34,43H,17,21H2,1H3/t29-,30+,31-,33-,34-,39+/m0/s1. The summed E-state index contributed by atoms with van der Waals surface area (Å²) in [6.45, 7) is 1.80. The number of amides is 4. The summed E-state index contributed by atoms with van der Waals surface area (Å²) < 4.78 is 0. The Bertz CT molecular complexity index is 2010. The van der Waals surface area contributed by atoms with Crippen LogP contribution in [0.15, 0.2) is 115 Å². The van der Waals surface area contributed by atoms with Crippen LogP contribution in [0.5, 0.6) is 5.75 Å². The molecule has 47 heavy (non-hydrogen) atoms. The van der Waals surface area contributed by atoms with Crippen LogP contribution in [-0.2, 0) is 24.6 Å². The molecule has 4 aromatic carbocycles. The quantitative estimate of drug-likeness (QED) is 0.197. The average Bonchev–Trinajstić information content (AvgIpc) is 3.47. The monoisotopic (exact) mass is 642 g/mol. The number of phenols is 1. The molecule has 2 heterocycles. The normalized spacial score (nSPS) is 28.2. The molecule has 1 N–H and O–H groups in total. The number of hydrogen-bond acceptors (Lipinski definition) is 5. The Morgan fingerprint density at radius 1 is 0.745 bits per heavy atom. The second-order valence-corrected chi connectivity index (χ2v) is 13.4. The number of aryl methyl sites for hydroxylation is 1. The van der Waals surface area contributed by atoms with Gasteiger partial charge in [0.15, 0.2) is 0 Å². The summed E-state index contributed by atoms with van der Waals surface area (Å²) >= 11 is 6.38. The fourth-order valence-electron chi connectivity index (χ4n) is 8.81.